The Morgan fingerprint density at radius 3 is 2.52 bits per heavy atom. The molecule has 4 nitrogen and oxygen atoms in total. The zero-order chi connectivity index (χ0) is 22.1. The summed E-state index contributed by atoms with van der Waals surface area (Å²) >= 11 is 3.48. The van der Waals surface area contributed by atoms with Crippen molar-refractivity contribution in [2.75, 3.05) is 23.4 Å². The van der Waals surface area contributed by atoms with Gasteiger partial charge in [0.25, 0.3) is 0 Å². The molecule has 0 atom stereocenters. The number of hydrogen-bond acceptors (Lipinski definition) is 6. The second kappa shape index (κ2) is 11.2. The first kappa shape index (κ1) is 22.4. The van der Waals surface area contributed by atoms with Crippen molar-refractivity contribution in [1.82, 2.24) is 0 Å². The maximum absolute atomic E-state index is 8.69. The number of anilines is 2. The number of thioether (sulfide) groups is 2. The Balaban J connectivity index is 1.62. The number of nitriles is 2. The quantitative estimate of drug-likeness (QED) is 0.359. The lowest BCUT2D eigenvalue weighted by Gasteiger charge is -2.09. The Labute approximate surface area is 192 Å². The van der Waals surface area contributed by atoms with Crippen LogP contribution in [0.1, 0.15) is 18.1 Å². The van der Waals surface area contributed by atoms with Crippen LogP contribution >= 0.6 is 23.5 Å². The van der Waals surface area contributed by atoms with Crippen molar-refractivity contribution in [3.8, 4) is 12.1 Å². The molecule has 2 aromatic rings. The highest BCUT2D eigenvalue weighted by Crippen LogP contribution is 2.41. The lowest BCUT2D eigenvalue weighted by Crippen LogP contribution is -1.92. The maximum atomic E-state index is 8.69. The minimum atomic E-state index is 0.860. The third-order valence-electron chi connectivity index (χ3n) is 4.46. The first-order valence-electron chi connectivity index (χ1n) is 9.67. The number of hydrogen-bond donors (Lipinski definition) is 2. The van der Waals surface area contributed by atoms with Gasteiger partial charge in [0.2, 0.25) is 0 Å². The predicted molar refractivity (Wildman–Crippen MR) is 134 cm³/mol. The fraction of sp³-hybridized carbons (Fsp3) is 0.120. The van der Waals surface area contributed by atoms with E-state index in [4.69, 9.17) is 10.5 Å². The first-order valence-corrected chi connectivity index (χ1v) is 11.5. The van der Waals surface area contributed by atoms with Crippen LogP contribution in [0, 0.1) is 22.7 Å². The van der Waals surface area contributed by atoms with E-state index in [-0.39, 0.29) is 0 Å². The minimum absolute atomic E-state index is 0.860. The Hall–Kier alpha value is -3.32. The molecule has 3 rings (SSSR count). The minimum Gasteiger partial charge on any atom is -0.387 e. The van der Waals surface area contributed by atoms with Gasteiger partial charge in [0.1, 0.15) is 0 Å². The molecule has 1 aliphatic rings. The van der Waals surface area contributed by atoms with Crippen LogP contribution in [-0.2, 0) is 0 Å². The highest BCUT2D eigenvalue weighted by molar-refractivity contribution is 8.03. The van der Waals surface area contributed by atoms with E-state index in [0.29, 0.717) is 0 Å². The molecule has 31 heavy (non-hydrogen) atoms. The van der Waals surface area contributed by atoms with Crippen LogP contribution in [0.15, 0.2) is 81.1 Å². The van der Waals surface area contributed by atoms with Gasteiger partial charge in [-0.3, -0.25) is 0 Å². The second-order valence-electron chi connectivity index (χ2n) is 6.68. The van der Waals surface area contributed by atoms with Crippen LogP contribution in [-0.4, -0.2) is 12.8 Å². The SMILES string of the molecule is CNc1cc(/C=C/C#N)ccc1SC/C=C(C)\C=C1/Nc2cc(/C=C/C#N)ccc2S1. The summed E-state index contributed by atoms with van der Waals surface area (Å²) in [6, 6.07) is 16.3. The smallest absolute Gasteiger partial charge is 0.0912 e. The largest absolute Gasteiger partial charge is 0.387 e. The average molecular weight is 443 g/mol. The summed E-state index contributed by atoms with van der Waals surface area (Å²) in [6.45, 7) is 2.11. The summed E-state index contributed by atoms with van der Waals surface area (Å²) in [5, 5.41) is 25.2. The zero-order valence-corrected chi connectivity index (χ0v) is 19.0. The predicted octanol–water partition coefficient (Wildman–Crippen LogP) is 6.90. The summed E-state index contributed by atoms with van der Waals surface area (Å²) in [7, 11) is 1.91. The second-order valence-corrected chi connectivity index (χ2v) is 8.83. The summed E-state index contributed by atoms with van der Waals surface area (Å²) in [5.74, 6) is 0.860. The number of benzene rings is 2. The van der Waals surface area contributed by atoms with Crippen molar-refractivity contribution in [2.45, 2.75) is 16.7 Å². The molecule has 2 N–H and O–H groups in total. The van der Waals surface area contributed by atoms with Crippen molar-refractivity contribution in [2.24, 2.45) is 0 Å². The van der Waals surface area contributed by atoms with E-state index >= 15 is 0 Å². The number of allylic oxidation sites excluding steroid dienone is 4. The third-order valence-corrected chi connectivity index (χ3v) is 6.47. The van der Waals surface area contributed by atoms with Crippen LogP contribution < -0.4 is 10.6 Å². The maximum Gasteiger partial charge on any atom is 0.0912 e. The fourth-order valence-electron chi connectivity index (χ4n) is 2.95. The third kappa shape index (κ3) is 6.33. The van der Waals surface area contributed by atoms with Gasteiger partial charge in [0.05, 0.1) is 22.9 Å². The van der Waals surface area contributed by atoms with Gasteiger partial charge in [-0.1, -0.05) is 35.5 Å². The topological polar surface area (TPSA) is 71.6 Å². The standard InChI is InChI=1S/C25H22N4S2/c1-18(11-14-30-23-9-7-19(5-3-12-26)16-21(23)28-2)15-25-29-22-17-20(6-4-13-27)8-10-24(22)31-25/h3-11,15-17,28-29H,14H2,1-2H3/b5-3+,6-4+,18-11-,25-15+. The molecule has 0 aromatic heterocycles. The van der Waals surface area contributed by atoms with E-state index in [0.717, 1.165) is 33.3 Å². The number of rotatable bonds is 7. The summed E-state index contributed by atoms with van der Waals surface area (Å²) in [5.41, 5.74) is 5.33. The molecule has 6 heteroatoms. The number of nitrogens with one attached hydrogen (secondary N) is 2. The van der Waals surface area contributed by atoms with Crippen molar-refractivity contribution in [3.63, 3.8) is 0 Å². The van der Waals surface area contributed by atoms with E-state index in [1.807, 2.05) is 43.5 Å². The van der Waals surface area contributed by atoms with Crippen LogP contribution in [0.4, 0.5) is 11.4 Å². The van der Waals surface area contributed by atoms with E-state index in [1.54, 1.807) is 29.6 Å². The molecule has 0 bridgehead atoms. The molecule has 0 saturated carbocycles. The molecular formula is C25H22N4S2. The number of nitrogens with zero attached hydrogens (tertiary/aromatic N) is 2. The van der Waals surface area contributed by atoms with Crippen LogP contribution in [0.25, 0.3) is 12.2 Å². The van der Waals surface area contributed by atoms with E-state index in [2.05, 4.69) is 47.9 Å². The molecular weight excluding hydrogens is 420 g/mol. The zero-order valence-electron chi connectivity index (χ0n) is 17.3. The normalized spacial score (nSPS) is 14.5. The average Bonchev–Trinajstić information content (AvgIpc) is 3.18. The number of fused-ring (bicyclic) bond motifs is 1. The van der Waals surface area contributed by atoms with Gasteiger partial charge in [-0.15, -0.1) is 11.8 Å². The summed E-state index contributed by atoms with van der Waals surface area (Å²) < 4.78 is 0. The Kier molecular flexibility index (Phi) is 8.06. The van der Waals surface area contributed by atoms with E-state index in [1.165, 1.54) is 27.5 Å². The van der Waals surface area contributed by atoms with Gasteiger partial charge < -0.3 is 10.6 Å². The van der Waals surface area contributed by atoms with E-state index in [9.17, 15) is 0 Å². The molecule has 0 amide bonds. The van der Waals surface area contributed by atoms with Crippen molar-refractivity contribution >= 4 is 47.1 Å². The molecule has 0 aliphatic carbocycles. The van der Waals surface area contributed by atoms with Crippen LogP contribution in [0.5, 0.6) is 0 Å². The van der Waals surface area contributed by atoms with Crippen molar-refractivity contribution in [3.05, 3.63) is 82.4 Å². The summed E-state index contributed by atoms with van der Waals surface area (Å²) in [6.07, 6.45) is 11.0. The Morgan fingerprint density at radius 1 is 1.10 bits per heavy atom. The van der Waals surface area contributed by atoms with Crippen LogP contribution in [0.3, 0.4) is 0 Å². The van der Waals surface area contributed by atoms with Gasteiger partial charge >= 0.3 is 0 Å². The van der Waals surface area contributed by atoms with Crippen molar-refractivity contribution < 1.29 is 0 Å². The molecule has 2 aromatic carbocycles. The summed E-state index contributed by atoms with van der Waals surface area (Å²) in [4.78, 5) is 2.36. The molecule has 1 heterocycles. The molecule has 1 aliphatic heterocycles. The molecule has 0 saturated heterocycles. The van der Waals surface area contributed by atoms with Gasteiger partial charge in [0, 0.05) is 40.4 Å². The Morgan fingerprint density at radius 2 is 1.81 bits per heavy atom. The van der Waals surface area contributed by atoms with Gasteiger partial charge in [-0.05, 0) is 60.5 Å². The van der Waals surface area contributed by atoms with Gasteiger partial charge in [0.15, 0.2) is 0 Å². The fourth-order valence-corrected chi connectivity index (χ4v) is 4.95. The molecule has 154 valence electrons. The molecule has 0 fully saturated rings. The van der Waals surface area contributed by atoms with E-state index < -0.39 is 0 Å². The highest BCUT2D eigenvalue weighted by atomic mass is 32.2. The lowest BCUT2D eigenvalue weighted by atomic mass is 10.2. The Bertz CT molecular complexity index is 1160. The molecule has 0 unspecified atom stereocenters. The molecule has 0 radical (unpaired) electrons. The van der Waals surface area contributed by atoms with Gasteiger partial charge in [-0.2, -0.15) is 10.5 Å². The monoisotopic (exact) mass is 442 g/mol. The lowest BCUT2D eigenvalue weighted by molar-refractivity contribution is 1.37. The first-order chi connectivity index (χ1) is 15.1. The highest BCUT2D eigenvalue weighted by Gasteiger charge is 2.15. The molecule has 0 spiro atoms. The van der Waals surface area contributed by atoms with Gasteiger partial charge in [-0.25, -0.2) is 0 Å². The van der Waals surface area contributed by atoms with Crippen molar-refractivity contribution in [1.29, 1.82) is 10.5 Å². The van der Waals surface area contributed by atoms with Crippen LogP contribution in [0.2, 0.25) is 0 Å².